The van der Waals surface area contributed by atoms with Gasteiger partial charge in [-0.25, -0.2) is 8.42 Å². The number of aryl methyl sites for hydroxylation is 1. The Balaban J connectivity index is 1.70. The standard InChI is InChI=1S/C24H29N3O4S/c1-18-7-11-22(17-23(18)32(30,31)27-15-5-3-4-6-16-27)26-24(29)14-10-20-8-12-21(13-9-20)25-19(2)28/h7-14,17H,3-6,15-16H2,1-2H3,(H,25,28)(H,26,29)/b14-10+. The minimum Gasteiger partial charge on any atom is -0.326 e. The van der Waals surface area contributed by atoms with Gasteiger partial charge >= 0.3 is 0 Å². The number of amides is 2. The molecule has 1 fully saturated rings. The summed E-state index contributed by atoms with van der Waals surface area (Å²) in [4.78, 5) is 23.7. The second-order valence-corrected chi connectivity index (χ2v) is 9.83. The number of nitrogens with one attached hydrogen (secondary N) is 2. The Morgan fingerprint density at radius 2 is 1.53 bits per heavy atom. The van der Waals surface area contributed by atoms with Crippen molar-refractivity contribution < 1.29 is 18.0 Å². The first-order chi connectivity index (χ1) is 15.3. The molecule has 1 aliphatic rings. The summed E-state index contributed by atoms with van der Waals surface area (Å²) in [5, 5.41) is 5.42. The van der Waals surface area contributed by atoms with Crippen LogP contribution in [0.1, 0.15) is 43.7 Å². The van der Waals surface area contributed by atoms with E-state index in [1.807, 2.05) is 0 Å². The van der Waals surface area contributed by atoms with Gasteiger partial charge in [-0.1, -0.05) is 31.0 Å². The summed E-state index contributed by atoms with van der Waals surface area (Å²) >= 11 is 0. The molecule has 3 rings (SSSR count). The van der Waals surface area contributed by atoms with E-state index in [1.54, 1.807) is 53.7 Å². The highest BCUT2D eigenvalue weighted by Crippen LogP contribution is 2.26. The fourth-order valence-electron chi connectivity index (χ4n) is 3.61. The zero-order valence-corrected chi connectivity index (χ0v) is 19.2. The van der Waals surface area contributed by atoms with Crippen molar-refractivity contribution >= 4 is 39.3 Å². The Hall–Kier alpha value is -2.97. The minimum absolute atomic E-state index is 0.150. The molecule has 2 amide bonds. The summed E-state index contributed by atoms with van der Waals surface area (Å²) in [6.07, 6.45) is 6.86. The molecule has 0 unspecified atom stereocenters. The first-order valence-corrected chi connectivity index (χ1v) is 12.2. The van der Waals surface area contributed by atoms with Crippen molar-refractivity contribution in [3.63, 3.8) is 0 Å². The fourth-order valence-corrected chi connectivity index (χ4v) is 5.38. The molecule has 0 spiro atoms. The third-order valence-electron chi connectivity index (χ3n) is 5.30. The second-order valence-electron chi connectivity index (χ2n) is 7.92. The molecule has 0 bridgehead atoms. The molecule has 0 aliphatic carbocycles. The normalized spacial score (nSPS) is 15.3. The number of carbonyl (C=O) groups is 2. The smallest absolute Gasteiger partial charge is 0.248 e. The van der Waals surface area contributed by atoms with Crippen LogP contribution < -0.4 is 10.6 Å². The quantitative estimate of drug-likeness (QED) is 0.639. The van der Waals surface area contributed by atoms with Crippen LogP contribution in [0.15, 0.2) is 53.4 Å². The number of carbonyl (C=O) groups excluding carboxylic acids is 2. The first kappa shape index (κ1) is 23.7. The average Bonchev–Trinajstić information content (AvgIpc) is 3.04. The van der Waals surface area contributed by atoms with Crippen molar-refractivity contribution in [3.8, 4) is 0 Å². The lowest BCUT2D eigenvalue weighted by molar-refractivity contribution is -0.114. The van der Waals surface area contributed by atoms with Crippen LogP contribution in [0.3, 0.4) is 0 Å². The van der Waals surface area contributed by atoms with E-state index in [-0.39, 0.29) is 16.7 Å². The maximum atomic E-state index is 13.2. The molecule has 2 aromatic rings. The Bertz CT molecular complexity index is 1100. The zero-order valence-electron chi connectivity index (χ0n) is 18.4. The Kier molecular flexibility index (Phi) is 7.82. The van der Waals surface area contributed by atoms with E-state index in [1.165, 1.54) is 19.1 Å². The molecule has 1 saturated heterocycles. The van der Waals surface area contributed by atoms with E-state index in [0.717, 1.165) is 31.2 Å². The summed E-state index contributed by atoms with van der Waals surface area (Å²) in [5.74, 6) is -0.513. The van der Waals surface area contributed by atoms with Crippen LogP contribution in [0.4, 0.5) is 11.4 Å². The molecule has 1 heterocycles. The number of nitrogens with zero attached hydrogens (tertiary/aromatic N) is 1. The number of hydrogen-bond donors (Lipinski definition) is 2. The van der Waals surface area contributed by atoms with E-state index < -0.39 is 10.0 Å². The average molecular weight is 456 g/mol. The molecule has 0 aromatic heterocycles. The largest absolute Gasteiger partial charge is 0.326 e. The van der Waals surface area contributed by atoms with Gasteiger partial charge in [-0.15, -0.1) is 0 Å². The summed E-state index contributed by atoms with van der Waals surface area (Å²) in [6.45, 7) is 4.26. The molecule has 0 saturated carbocycles. The number of anilines is 2. The van der Waals surface area contributed by atoms with E-state index in [4.69, 9.17) is 0 Å². The van der Waals surface area contributed by atoms with Crippen molar-refractivity contribution in [2.75, 3.05) is 23.7 Å². The van der Waals surface area contributed by atoms with Crippen molar-refractivity contribution in [2.24, 2.45) is 0 Å². The highest BCUT2D eigenvalue weighted by Gasteiger charge is 2.27. The zero-order chi connectivity index (χ0) is 23.1. The highest BCUT2D eigenvalue weighted by molar-refractivity contribution is 7.89. The molecule has 8 heteroatoms. The summed E-state index contributed by atoms with van der Waals surface area (Å²) in [6, 6.07) is 12.0. The van der Waals surface area contributed by atoms with Gasteiger partial charge in [0.25, 0.3) is 0 Å². The van der Waals surface area contributed by atoms with Crippen molar-refractivity contribution in [3.05, 3.63) is 59.7 Å². The van der Waals surface area contributed by atoms with E-state index >= 15 is 0 Å². The predicted molar refractivity (Wildman–Crippen MR) is 127 cm³/mol. The molecule has 0 radical (unpaired) electrons. The molecule has 170 valence electrons. The van der Waals surface area contributed by atoms with E-state index in [2.05, 4.69) is 10.6 Å². The van der Waals surface area contributed by atoms with Gasteiger partial charge in [-0.2, -0.15) is 4.31 Å². The topological polar surface area (TPSA) is 95.6 Å². The first-order valence-electron chi connectivity index (χ1n) is 10.7. The molecule has 1 aliphatic heterocycles. The van der Waals surface area contributed by atoms with Gasteiger partial charge in [0.1, 0.15) is 0 Å². The van der Waals surface area contributed by atoms with Crippen LogP contribution in [0.25, 0.3) is 6.08 Å². The number of rotatable bonds is 6. The summed E-state index contributed by atoms with van der Waals surface area (Å²) in [5.41, 5.74) is 2.56. The van der Waals surface area contributed by atoms with Crippen LogP contribution in [0.2, 0.25) is 0 Å². The van der Waals surface area contributed by atoms with Gasteiger partial charge < -0.3 is 10.6 Å². The van der Waals surface area contributed by atoms with Crippen molar-refractivity contribution in [1.82, 2.24) is 4.31 Å². The van der Waals surface area contributed by atoms with Crippen molar-refractivity contribution in [2.45, 2.75) is 44.4 Å². The van der Waals surface area contributed by atoms with Crippen LogP contribution in [-0.2, 0) is 19.6 Å². The fraction of sp³-hybridized carbons (Fsp3) is 0.333. The van der Waals surface area contributed by atoms with Crippen molar-refractivity contribution in [1.29, 1.82) is 0 Å². The Labute approximate surface area is 189 Å². The van der Waals surface area contributed by atoms with Crippen LogP contribution in [-0.4, -0.2) is 37.6 Å². The lowest BCUT2D eigenvalue weighted by Gasteiger charge is -2.21. The van der Waals surface area contributed by atoms with E-state index in [0.29, 0.717) is 30.0 Å². The van der Waals surface area contributed by atoms with Crippen LogP contribution in [0, 0.1) is 6.92 Å². The maximum absolute atomic E-state index is 13.2. The molecule has 2 N–H and O–H groups in total. The SMILES string of the molecule is CC(=O)Nc1ccc(/C=C/C(=O)Nc2ccc(C)c(S(=O)(=O)N3CCCCCC3)c2)cc1. The van der Waals surface area contributed by atoms with Gasteiger partial charge in [0.05, 0.1) is 4.90 Å². The third kappa shape index (κ3) is 6.27. The number of benzene rings is 2. The molecular weight excluding hydrogens is 426 g/mol. The number of hydrogen-bond acceptors (Lipinski definition) is 4. The van der Waals surface area contributed by atoms with Crippen LogP contribution >= 0.6 is 0 Å². The molecule has 0 atom stereocenters. The second kappa shape index (κ2) is 10.6. The summed E-state index contributed by atoms with van der Waals surface area (Å²) in [7, 11) is -3.61. The van der Waals surface area contributed by atoms with Gasteiger partial charge in [0.15, 0.2) is 0 Å². The maximum Gasteiger partial charge on any atom is 0.248 e. The molecular formula is C24H29N3O4S. The Morgan fingerprint density at radius 3 is 2.16 bits per heavy atom. The van der Waals surface area contributed by atoms with Gasteiger partial charge in [-0.3, -0.25) is 9.59 Å². The van der Waals surface area contributed by atoms with E-state index in [9.17, 15) is 18.0 Å². The molecule has 2 aromatic carbocycles. The van der Waals surface area contributed by atoms with Gasteiger partial charge in [-0.05, 0) is 61.2 Å². The van der Waals surface area contributed by atoms with Gasteiger partial charge in [0, 0.05) is 37.5 Å². The van der Waals surface area contributed by atoms with Gasteiger partial charge in [0.2, 0.25) is 21.8 Å². The third-order valence-corrected chi connectivity index (χ3v) is 7.34. The lowest BCUT2D eigenvalue weighted by Crippen LogP contribution is -2.32. The monoisotopic (exact) mass is 455 g/mol. The molecule has 32 heavy (non-hydrogen) atoms. The van der Waals surface area contributed by atoms with Crippen LogP contribution in [0.5, 0.6) is 0 Å². The highest BCUT2D eigenvalue weighted by atomic mass is 32.2. The lowest BCUT2D eigenvalue weighted by atomic mass is 10.2. The minimum atomic E-state index is -3.61. The number of sulfonamides is 1. The Morgan fingerprint density at radius 1 is 0.906 bits per heavy atom. The predicted octanol–water partition coefficient (Wildman–Crippen LogP) is 4.17. The molecule has 7 nitrogen and oxygen atoms in total. The summed E-state index contributed by atoms with van der Waals surface area (Å²) < 4.78 is 27.9.